The summed E-state index contributed by atoms with van der Waals surface area (Å²) >= 11 is 0. The maximum absolute atomic E-state index is 12.4. The molecule has 3 aromatic rings. The summed E-state index contributed by atoms with van der Waals surface area (Å²) in [6.07, 6.45) is 0.493. The van der Waals surface area contributed by atoms with Crippen LogP contribution in [-0.2, 0) is 23.5 Å². The summed E-state index contributed by atoms with van der Waals surface area (Å²) in [5, 5.41) is 3.69. The molecule has 0 saturated heterocycles. The van der Waals surface area contributed by atoms with Crippen LogP contribution < -0.4 is 4.72 Å². The minimum atomic E-state index is -3.64. The van der Waals surface area contributed by atoms with E-state index in [-0.39, 0.29) is 11.4 Å². The molecule has 0 aliphatic carbocycles. The van der Waals surface area contributed by atoms with E-state index in [1.54, 1.807) is 13.8 Å². The Labute approximate surface area is 140 Å². The highest BCUT2D eigenvalue weighted by molar-refractivity contribution is 7.89. The average molecular weight is 348 g/mol. The molecular formula is C16H20N4O3S. The van der Waals surface area contributed by atoms with Gasteiger partial charge in [0.1, 0.15) is 16.4 Å². The number of nitrogens with zero attached hydrogens (tertiary/aromatic N) is 3. The van der Waals surface area contributed by atoms with Crippen molar-refractivity contribution in [3.8, 4) is 0 Å². The third-order valence-corrected chi connectivity index (χ3v) is 5.71. The van der Waals surface area contributed by atoms with E-state index in [9.17, 15) is 8.42 Å². The van der Waals surface area contributed by atoms with Gasteiger partial charge in [-0.15, -0.1) is 0 Å². The molecule has 8 heteroatoms. The van der Waals surface area contributed by atoms with E-state index in [0.717, 1.165) is 22.4 Å². The lowest BCUT2D eigenvalue weighted by molar-refractivity contribution is 0.390. The number of aromatic nitrogens is 3. The van der Waals surface area contributed by atoms with Gasteiger partial charge in [-0.2, -0.15) is 0 Å². The van der Waals surface area contributed by atoms with Gasteiger partial charge in [-0.05, 0) is 38.5 Å². The van der Waals surface area contributed by atoms with E-state index in [4.69, 9.17) is 4.52 Å². The zero-order valence-corrected chi connectivity index (χ0v) is 14.9. The Morgan fingerprint density at radius 1 is 1.25 bits per heavy atom. The zero-order chi connectivity index (χ0) is 17.5. The van der Waals surface area contributed by atoms with Crippen molar-refractivity contribution < 1.29 is 12.9 Å². The van der Waals surface area contributed by atoms with Gasteiger partial charge in [0, 0.05) is 20.0 Å². The van der Waals surface area contributed by atoms with E-state index < -0.39 is 10.0 Å². The van der Waals surface area contributed by atoms with Crippen LogP contribution in [0.4, 0.5) is 0 Å². The summed E-state index contributed by atoms with van der Waals surface area (Å²) in [6, 6.07) is 6.08. The van der Waals surface area contributed by atoms with E-state index in [2.05, 4.69) is 14.9 Å². The quantitative estimate of drug-likeness (QED) is 0.762. The molecule has 1 aromatic carbocycles. The maximum Gasteiger partial charge on any atom is 0.245 e. The molecule has 0 unspecified atom stereocenters. The molecule has 2 heterocycles. The van der Waals surface area contributed by atoms with Gasteiger partial charge in [-0.25, -0.2) is 18.1 Å². The first-order valence-electron chi connectivity index (χ1n) is 7.64. The number of hydrogen-bond acceptors (Lipinski definition) is 5. The standard InChI is InChI=1S/C16H20N4O3S/c1-10-5-6-14-13(9-10)18-15(20(14)4)7-8-17-24(21,22)16-11(2)19-23-12(16)3/h5-6,9,17H,7-8H2,1-4H3. The molecule has 1 N–H and O–H groups in total. The second-order valence-corrected chi connectivity index (χ2v) is 7.58. The number of hydrogen-bond donors (Lipinski definition) is 1. The fourth-order valence-electron chi connectivity index (χ4n) is 2.81. The number of benzene rings is 1. The van der Waals surface area contributed by atoms with E-state index in [1.165, 1.54) is 0 Å². The van der Waals surface area contributed by atoms with Crippen LogP contribution in [-0.4, -0.2) is 29.7 Å². The Kier molecular flexibility index (Phi) is 4.18. The van der Waals surface area contributed by atoms with Crippen LogP contribution in [0, 0.1) is 20.8 Å². The summed E-state index contributed by atoms with van der Waals surface area (Å²) in [4.78, 5) is 4.70. The van der Waals surface area contributed by atoms with Gasteiger partial charge >= 0.3 is 0 Å². The molecule has 0 fully saturated rings. The Hall–Kier alpha value is -2.19. The molecule has 0 radical (unpaired) electrons. The fourth-order valence-corrected chi connectivity index (χ4v) is 4.17. The molecule has 2 aromatic heterocycles. The number of fused-ring (bicyclic) bond motifs is 1. The Morgan fingerprint density at radius 2 is 2.00 bits per heavy atom. The SMILES string of the molecule is Cc1ccc2c(c1)nc(CCNS(=O)(=O)c1c(C)noc1C)n2C. The summed E-state index contributed by atoms with van der Waals surface area (Å²) in [7, 11) is -1.71. The summed E-state index contributed by atoms with van der Waals surface area (Å²) in [5.74, 6) is 1.12. The third kappa shape index (κ3) is 2.94. The molecule has 0 spiro atoms. The summed E-state index contributed by atoms with van der Waals surface area (Å²) < 4.78 is 34.3. The highest BCUT2D eigenvalue weighted by Gasteiger charge is 2.23. The number of nitrogens with one attached hydrogen (secondary N) is 1. The molecule has 0 aliphatic rings. The smallest absolute Gasteiger partial charge is 0.245 e. The fraction of sp³-hybridized carbons (Fsp3) is 0.375. The maximum atomic E-state index is 12.4. The number of sulfonamides is 1. The molecule has 0 aliphatic heterocycles. The van der Waals surface area contributed by atoms with Gasteiger partial charge in [-0.1, -0.05) is 11.2 Å². The number of aryl methyl sites for hydroxylation is 4. The lowest BCUT2D eigenvalue weighted by Crippen LogP contribution is -2.27. The molecule has 3 rings (SSSR count). The van der Waals surface area contributed by atoms with Crippen molar-refractivity contribution >= 4 is 21.1 Å². The van der Waals surface area contributed by atoms with Crippen molar-refractivity contribution in [2.45, 2.75) is 32.1 Å². The summed E-state index contributed by atoms with van der Waals surface area (Å²) in [5.41, 5.74) is 3.45. The highest BCUT2D eigenvalue weighted by Crippen LogP contribution is 2.19. The van der Waals surface area contributed by atoms with Crippen LogP contribution in [0.25, 0.3) is 11.0 Å². The van der Waals surface area contributed by atoms with E-state index in [0.29, 0.717) is 17.9 Å². The largest absolute Gasteiger partial charge is 0.360 e. The van der Waals surface area contributed by atoms with E-state index >= 15 is 0 Å². The Balaban J connectivity index is 1.76. The van der Waals surface area contributed by atoms with Crippen LogP contribution in [0.1, 0.15) is 22.8 Å². The van der Waals surface area contributed by atoms with Crippen molar-refractivity contribution in [3.05, 3.63) is 41.0 Å². The first-order valence-corrected chi connectivity index (χ1v) is 9.12. The molecule has 0 bridgehead atoms. The van der Waals surface area contributed by atoms with Gasteiger partial charge < -0.3 is 9.09 Å². The molecule has 0 amide bonds. The minimum absolute atomic E-state index is 0.114. The first kappa shape index (κ1) is 16.7. The van der Waals surface area contributed by atoms with Crippen molar-refractivity contribution in [2.24, 2.45) is 7.05 Å². The molecule has 128 valence electrons. The Bertz CT molecular complexity index is 982. The molecule has 7 nitrogen and oxygen atoms in total. The Morgan fingerprint density at radius 3 is 2.67 bits per heavy atom. The molecular weight excluding hydrogens is 328 g/mol. The highest BCUT2D eigenvalue weighted by atomic mass is 32.2. The van der Waals surface area contributed by atoms with Crippen LogP contribution in [0.5, 0.6) is 0 Å². The van der Waals surface area contributed by atoms with Crippen LogP contribution in [0.2, 0.25) is 0 Å². The van der Waals surface area contributed by atoms with Gasteiger partial charge in [-0.3, -0.25) is 0 Å². The molecule has 0 atom stereocenters. The second kappa shape index (κ2) is 6.03. The van der Waals surface area contributed by atoms with Crippen molar-refractivity contribution in [3.63, 3.8) is 0 Å². The minimum Gasteiger partial charge on any atom is -0.360 e. The van der Waals surface area contributed by atoms with Crippen molar-refractivity contribution in [2.75, 3.05) is 6.54 Å². The monoisotopic (exact) mass is 348 g/mol. The van der Waals surface area contributed by atoms with Crippen LogP contribution in [0.3, 0.4) is 0 Å². The predicted octanol–water partition coefficient (Wildman–Crippen LogP) is 2.01. The van der Waals surface area contributed by atoms with Gasteiger partial charge in [0.05, 0.1) is 11.0 Å². The zero-order valence-electron chi connectivity index (χ0n) is 14.1. The van der Waals surface area contributed by atoms with Gasteiger partial charge in [0.2, 0.25) is 10.0 Å². The van der Waals surface area contributed by atoms with Crippen molar-refractivity contribution in [1.29, 1.82) is 0 Å². The molecule has 24 heavy (non-hydrogen) atoms. The van der Waals surface area contributed by atoms with Crippen LogP contribution in [0.15, 0.2) is 27.6 Å². The molecule has 0 saturated carbocycles. The van der Waals surface area contributed by atoms with Crippen molar-refractivity contribution in [1.82, 2.24) is 19.4 Å². The topological polar surface area (TPSA) is 90.0 Å². The van der Waals surface area contributed by atoms with Gasteiger partial charge in [0.25, 0.3) is 0 Å². The first-order chi connectivity index (χ1) is 11.3. The predicted molar refractivity (Wildman–Crippen MR) is 90.3 cm³/mol. The second-order valence-electron chi connectivity index (χ2n) is 5.88. The lowest BCUT2D eigenvalue weighted by Gasteiger charge is -2.06. The van der Waals surface area contributed by atoms with Gasteiger partial charge in [0.15, 0.2) is 5.76 Å². The lowest BCUT2D eigenvalue weighted by atomic mass is 10.2. The van der Waals surface area contributed by atoms with Crippen LogP contribution >= 0.6 is 0 Å². The van der Waals surface area contributed by atoms with E-state index in [1.807, 2.05) is 36.7 Å². The number of imidazole rings is 1. The third-order valence-electron chi connectivity index (χ3n) is 4.01. The average Bonchev–Trinajstić information content (AvgIpc) is 2.99. The normalized spacial score (nSPS) is 12.2. The summed E-state index contributed by atoms with van der Waals surface area (Å²) in [6.45, 7) is 5.47. The number of rotatable bonds is 5.